The van der Waals surface area contributed by atoms with Gasteiger partial charge in [-0.3, -0.25) is 0 Å². The Balaban J connectivity index is 2.43. The van der Waals surface area contributed by atoms with Gasteiger partial charge in [-0.15, -0.1) is 0 Å². The van der Waals surface area contributed by atoms with E-state index >= 15 is 0 Å². The van der Waals surface area contributed by atoms with Crippen LogP contribution in [0.15, 0.2) is 36.4 Å². The minimum atomic E-state index is -0.470. The molecular formula is C15H15ClFNO2. The maximum atomic E-state index is 12.9. The highest BCUT2D eigenvalue weighted by atomic mass is 35.5. The number of hydrogen-bond donors (Lipinski definition) is 1. The zero-order valence-electron chi connectivity index (χ0n) is 11.2. The lowest BCUT2D eigenvalue weighted by atomic mass is 9.99. The van der Waals surface area contributed by atoms with Crippen molar-refractivity contribution in [1.82, 2.24) is 0 Å². The molecule has 0 spiro atoms. The monoisotopic (exact) mass is 295 g/mol. The molecule has 2 rings (SSSR count). The van der Waals surface area contributed by atoms with E-state index in [1.807, 2.05) is 0 Å². The lowest BCUT2D eigenvalue weighted by Crippen LogP contribution is -2.12. The number of benzene rings is 2. The molecular weight excluding hydrogens is 281 g/mol. The molecule has 0 aromatic heterocycles. The first kappa shape index (κ1) is 14.6. The van der Waals surface area contributed by atoms with Crippen molar-refractivity contribution in [2.45, 2.75) is 6.04 Å². The molecule has 1 atom stereocenters. The second-order valence-electron chi connectivity index (χ2n) is 4.26. The van der Waals surface area contributed by atoms with Crippen molar-refractivity contribution in [3.8, 4) is 11.5 Å². The van der Waals surface area contributed by atoms with E-state index in [-0.39, 0.29) is 5.82 Å². The molecule has 0 amide bonds. The Morgan fingerprint density at radius 3 is 2.15 bits per heavy atom. The van der Waals surface area contributed by atoms with E-state index in [2.05, 4.69) is 0 Å². The summed E-state index contributed by atoms with van der Waals surface area (Å²) in [7, 11) is 3.08. The average Bonchev–Trinajstić information content (AvgIpc) is 2.47. The number of nitrogens with two attached hydrogens (primary N) is 1. The van der Waals surface area contributed by atoms with Gasteiger partial charge < -0.3 is 15.2 Å². The van der Waals surface area contributed by atoms with Crippen molar-refractivity contribution in [2.24, 2.45) is 5.73 Å². The SMILES string of the molecule is COc1cc(Cl)c(C(N)c2ccc(F)cc2)cc1OC. The fourth-order valence-electron chi connectivity index (χ4n) is 1.96. The van der Waals surface area contributed by atoms with E-state index in [1.165, 1.54) is 19.2 Å². The van der Waals surface area contributed by atoms with Crippen LogP contribution in [-0.4, -0.2) is 14.2 Å². The fraction of sp³-hybridized carbons (Fsp3) is 0.200. The lowest BCUT2D eigenvalue weighted by Gasteiger charge is -2.17. The first-order chi connectivity index (χ1) is 9.56. The smallest absolute Gasteiger partial charge is 0.162 e. The molecule has 2 aromatic carbocycles. The van der Waals surface area contributed by atoms with Crippen molar-refractivity contribution in [1.29, 1.82) is 0 Å². The van der Waals surface area contributed by atoms with Crippen LogP contribution in [0.1, 0.15) is 17.2 Å². The van der Waals surface area contributed by atoms with Crippen molar-refractivity contribution in [3.05, 3.63) is 58.4 Å². The lowest BCUT2D eigenvalue weighted by molar-refractivity contribution is 0.354. The highest BCUT2D eigenvalue weighted by molar-refractivity contribution is 6.31. The van der Waals surface area contributed by atoms with Gasteiger partial charge in [-0.1, -0.05) is 23.7 Å². The Kier molecular flexibility index (Phi) is 4.47. The van der Waals surface area contributed by atoms with Gasteiger partial charge in [0.1, 0.15) is 5.82 Å². The zero-order chi connectivity index (χ0) is 14.7. The second kappa shape index (κ2) is 6.11. The molecule has 5 heteroatoms. The summed E-state index contributed by atoms with van der Waals surface area (Å²) in [5.74, 6) is 0.774. The van der Waals surface area contributed by atoms with Crippen molar-refractivity contribution >= 4 is 11.6 Å². The molecule has 2 N–H and O–H groups in total. The summed E-state index contributed by atoms with van der Waals surface area (Å²) in [5, 5.41) is 0.472. The molecule has 3 nitrogen and oxygen atoms in total. The van der Waals surface area contributed by atoms with Gasteiger partial charge in [0.25, 0.3) is 0 Å². The fourth-order valence-corrected chi connectivity index (χ4v) is 2.23. The van der Waals surface area contributed by atoms with Gasteiger partial charge in [0.05, 0.1) is 20.3 Å². The van der Waals surface area contributed by atoms with Gasteiger partial charge in [0, 0.05) is 11.1 Å². The molecule has 20 heavy (non-hydrogen) atoms. The molecule has 1 unspecified atom stereocenters. The molecule has 0 bridgehead atoms. The number of hydrogen-bond acceptors (Lipinski definition) is 3. The van der Waals surface area contributed by atoms with Gasteiger partial charge in [-0.25, -0.2) is 4.39 Å². The molecule has 0 aliphatic rings. The number of ether oxygens (including phenoxy) is 2. The van der Waals surface area contributed by atoms with Crippen LogP contribution < -0.4 is 15.2 Å². The minimum absolute atomic E-state index is 0.306. The summed E-state index contributed by atoms with van der Waals surface area (Å²) < 4.78 is 23.4. The highest BCUT2D eigenvalue weighted by Gasteiger charge is 2.17. The maximum Gasteiger partial charge on any atom is 0.162 e. The summed E-state index contributed by atoms with van der Waals surface area (Å²) in [6.07, 6.45) is 0. The predicted octanol–water partition coefficient (Wildman–Crippen LogP) is 3.54. The van der Waals surface area contributed by atoms with Crippen LogP contribution in [0, 0.1) is 5.82 Å². The topological polar surface area (TPSA) is 44.5 Å². The number of halogens is 2. The molecule has 106 valence electrons. The Hall–Kier alpha value is -1.78. The third-order valence-corrected chi connectivity index (χ3v) is 3.39. The summed E-state index contributed by atoms with van der Waals surface area (Å²) in [5.41, 5.74) is 7.63. The van der Waals surface area contributed by atoms with Crippen LogP contribution in [-0.2, 0) is 0 Å². The van der Waals surface area contributed by atoms with Crippen molar-refractivity contribution in [2.75, 3.05) is 14.2 Å². The van der Waals surface area contributed by atoms with Crippen molar-refractivity contribution < 1.29 is 13.9 Å². The molecule has 2 aromatic rings. The molecule has 0 heterocycles. The van der Waals surface area contributed by atoms with Crippen LogP contribution in [0.2, 0.25) is 5.02 Å². The Bertz CT molecular complexity index is 602. The van der Waals surface area contributed by atoms with E-state index < -0.39 is 6.04 Å². The highest BCUT2D eigenvalue weighted by Crippen LogP contribution is 2.36. The number of rotatable bonds is 4. The Morgan fingerprint density at radius 1 is 1.05 bits per heavy atom. The van der Waals surface area contributed by atoms with E-state index in [1.54, 1.807) is 31.4 Å². The maximum absolute atomic E-state index is 12.9. The first-order valence-electron chi connectivity index (χ1n) is 5.99. The van der Waals surface area contributed by atoms with Crippen molar-refractivity contribution in [3.63, 3.8) is 0 Å². The van der Waals surface area contributed by atoms with Crippen LogP contribution in [0.5, 0.6) is 11.5 Å². The molecule has 0 saturated carbocycles. The molecule has 0 fully saturated rings. The standard InChI is InChI=1S/C15H15ClFNO2/c1-19-13-7-11(12(16)8-14(13)20-2)15(18)9-3-5-10(17)6-4-9/h3-8,15H,18H2,1-2H3. The Labute approximate surface area is 122 Å². The van der Waals surface area contributed by atoms with Gasteiger partial charge in [-0.2, -0.15) is 0 Å². The van der Waals surface area contributed by atoms with Crippen LogP contribution in [0.25, 0.3) is 0 Å². The molecule has 0 aliphatic heterocycles. The third kappa shape index (κ3) is 2.86. The van der Waals surface area contributed by atoms with Gasteiger partial charge >= 0.3 is 0 Å². The predicted molar refractivity (Wildman–Crippen MR) is 77.0 cm³/mol. The second-order valence-corrected chi connectivity index (χ2v) is 4.67. The van der Waals surface area contributed by atoms with Crippen LogP contribution in [0.3, 0.4) is 0 Å². The number of methoxy groups -OCH3 is 2. The van der Waals surface area contributed by atoms with Gasteiger partial charge in [0.2, 0.25) is 0 Å². The van der Waals surface area contributed by atoms with E-state index in [4.69, 9.17) is 26.8 Å². The summed E-state index contributed by atoms with van der Waals surface area (Å²) in [4.78, 5) is 0. The normalized spacial score (nSPS) is 12.1. The van der Waals surface area contributed by atoms with E-state index in [0.717, 1.165) is 5.56 Å². The average molecular weight is 296 g/mol. The van der Waals surface area contributed by atoms with Crippen LogP contribution >= 0.6 is 11.6 Å². The molecule has 0 aliphatic carbocycles. The minimum Gasteiger partial charge on any atom is -0.493 e. The quantitative estimate of drug-likeness (QED) is 0.938. The van der Waals surface area contributed by atoms with Gasteiger partial charge in [0.15, 0.2) is 11.5 Å². The van der Waals surface area contributed by atoms with E-state index in [9.17, 15) is 4.39 Å². The molecule has 0 radical (unpaired) electrons. The van der Waals surface area contributed by atoms with Crippen LogP contribution in [0.4, 0.5) is 4.39 Å². The van der Waals surface area contributed by atoms with E-state index in [0.29, 0.717) is 22.1 Å². The summed E-state index contributed by atoms with van der Waals surface area (Å²) >= 11 is 6.22. The largest absolute Gasteiger partial charge is 0.493 e. The molecule has 0 saturated heterocycles. The van der Waals surface area contributed by atoms with Gasteiger partial charge in [-0.05, 0) is 29.3 Å². The first-order valence-corrected chi connectivity index (χ1v) is 6.37. The summed E-state index contributed by atoms with van der Waals surface area (Å²) in [6.45, 7) is 0. The summed E-state index contributed by atoms with van der Waals surface area (Å²) in [6, 6.07) is 8.91. The third-order valence-electron chi connectivity index (χ3n) is 3.07. The Morgan fingerprint density at radius 2 is 1.60 bits per heavy atom. The zero-order valence-corrected chi connectivity index (χ0v) is 11.9.